The normalized spacial score (nSPS) is 17.3. The number of nitrogens with one attached hydrogen (secondary N) is 1. The summed E-state index contributed by atoms with van der Waals surface area (Å²) in [5.41, 5.74) is 0.566. The zero-order valence-corrected chi connectivity index (χ0v) is 9.40. The summed E-state index contributed by atoms with van der Waals surface area (Å²) < 4.78 is 1.45. The van der Waals surface area contributed by atoms with Crippen molar-refractivity contribution in [2.45, 2.75) is 12.8 Å². The molecule has 0 amide bonds. The lowest BCUT2D eigenvalue weighted by Gasteiger charge is -2.21. The molecule has 86 valence electrons. The molecule has 1 aliphatic heterocycles. The van der Waals surface area contributed by atoms with Crippen molar-refractivity contribution >= 4 is 5.78 Å². The molecule has 2 heterocycles. The largest absolute Gasteiger partial charge is 0.318 e. The van der Waals surface area contributed by atoms with Crippen molar-refractivity contribution in [2.24, 2.45) is 13.0 Å². The second kappa shape index (κ2) is 4.61. The first kappa shape index (κ1) is 11.1. The van der Waals surface area contributed by atoms with Crippen molar-refractivity contribution in [2.75, 3.05) is 13.1 Å². The average Bonchev–Trinajstić information content (AvgIpc) is 2.33. The summed E-state index contributed by atoms with van der Waals surface area (Å²) in [6, 6.07) is 3.08. The Morgan fingerprint density at radius 2 is 2.06 bits per heavy atom. The number of hydrogen-bond donors (Lipinski definition) is 1. The molecule has 0 aliphatic carbocycles. The second-order valence-electron chi connectivity index (χ2n) is 4.26. The number of aromatic nitrogens is 1. The van der Waals surface area contributed by atoms with Gasteiger partial charge in [-0.2, -0.15) is 0 Å². The zero-order chi connectivity index (χ0) is 11.5. The Morgan fingerprint density at radius 1 is 1.38 bits per heavy atom. The molecule has 4 nitrogen and oxygen atoms in total. The molecule has 0 unspecified atom stereocenters. The van der Waals surface area contributed by atoms with Gasteiger partial charge in [0.25, 0.3) is 0 Å². The number of pyridine rings is 1. The Hall–Kier alpha value is -1.42. The Morgan fingerprint density at radius 3 is 2.69 bits per heavy atom. The van der Waals surface area contributed by atoms with Crippen molar-refractivity contribution in [3.8, 4) is 0 Å². The highest BCUT2D eigenvalue weighted by Gasteiger charge is 2.22. The summed E-state index contributed by atoms with van der Waals surface area (Å²) in [4.78, 5) is 23.3. The third-order valence-corrected chi connectivity index (χ3v) is 3.08. The monoisotopic (exact) mass is 220 g/mol. The van der Waals surface area contributed by atoms with Crippen LogP contribution in [0.2, 0.25) is 0 Å². The zero-order valence-electron chi connectivity index (χ0n) is 9.40. The molecule has 4 heteroatoms. The molecule has 1 fully saturated rings. The first-order valence-corrected chi connectivity index (χ1v) is 5.60. The predicted octanol–water partition coefficient (Wildman–Crippen LogP) is 0.568. The first-order valence-electron chi connectivity index (χ1n) is 5.60. The maximum Gasteiger partial charge on any atom is 0.250 e. The van der Waals surface area contributed by atoms with Crippen LogP contribution in [0.15, 0.2) is 23.1 Å². The summed E-state index contributed by atoms with van der Waals surface area (Å²) in [7, 11) is 1.67. The standard InChI is InChI=1S/C12H16N2O2/c1-14-8-10(2-3-11(14)15)12(16)9-4-6-13-7-5-9/h2-3,8-9,13H,4-7H2,1H3. The van der Waals surface area contributed by atoms with Gasteiger partial charge in [0.2, 0.25) is 5.56 Å². The summed E-state index contributed by atoms with van der Waals surface area (Å²) in [5, 5.41) is 3.23. The van der Waals surface area contributed by atoms with Gasteiger partial charge in [-0.3, -0.25) is 9.59 Å². The molecule has 1 aliphatic rings. The number of piperidine rings is 1. The predicted molar refractivity (Wildman–Crippen MR) is 61.6 cm³/mol. The van der Waals surface area contributed by atoms with Gasteiger partial charge in [-0.05, 0) is 32.0 Å². The summed E-state index contributed by atoms with van der Waals surface area (Å²) in [6.07, 6.45) is 3.41. The smallest absolute Gasteiger partial charge is 0.250 e. The van der Waals surface area contributed by atoms with Crippen LogP contribution in [0.3, 0.4) is 0 Å². The van der Waals surface area contributed by atoms with E-state index < -0.39 is 0 Å². The molecule has 1 N–H and O–H groups in total. The summed E-state index contributed by atoms with van der Waals surface area (Å²) in [5.74, 6) is 0.274. The highest BCUT2D eigenvalue weighted by molar-refractivity contribution is 5.97. The van der Waals surface area contributed by atoms with Crippen LogP contribution < -0.4 is 10.9 Å². The molecule has 2 rings (SSSR count). The molecular weight excluding hydrogens is 204 g/mol. The lowest BCUT2D eigenvalue weighted by atomic mass is 9.90. The Labute approximate surface area is 94.3 Å². The van der Waals surface area contributed by atoms with E-state index in [0.29, 0.717) is 5.56 Å². The van der Waals surface area contributed by atoms with Crippen molar-refractivity contribution in [1.82, 2.24) is 9.88 Å². The minimum Gasteiger partial charge on any atom is -0.318 e. The van der Waals surface area contributed by atoms with E-state index in [1.54, 1.807) is 19.3 Å². The van der Waals surface area contributed by atoms with Gasteiger partial charge in [0, 0.05) is 30.8 Å². The lowest BCUT2D eigenvalue weighted by molar-refractivity contribution is 0.0894. The van der Waals surface area contributed by atoms with Gasteiger partial charge in [0.15, 0.2) is 5.78 Å². The van der Waals surface area contributed by atoms with E-state index in [-0.39, 0.29) is 17.3 Å². The molecule has 0 aromatic carbocycles. The van der Waals surface area contributed by atoms with Crippen molar-refractivity contribution < 1.29 is 4.79 Å². The minimum atomic E-state index is -0.0816. The third-order valence-electron chi connectivity index (χ3n) is 3.08. The maximum absolute atomic E-state index is 12.1. The van der Waals surface area contributed by atoms with Gasteiger partial charge in [0.05, 0.1) is 0 Å². The van der Waals surface area contributed by atoms with E-state index in [2.05, 4.69) is 5.32 Å². The van der Waals surface area contributed by atoms with Crippen LogP contribution in [0, 0.1) is 5.92 Å². The van der Waals surface area contributed by atoms with Crippen molar-refractivity contribution in [3.63, 3.8) is 0 Å². The van der Waals surface area contributed by atoms with Gasteiger partial charge in [-0.25, -0.2) is 0 Å². The Kier molecular flexibility index (Phi) is 3.19. The topological polar surface area (TPSA) is 51.1 Å². The fraction of sp³-hybridized carbons (Fsp3) is 0.500. The van der Waals surface area contributed by atoms with Gasteiger partial charge >= 0.3 is 0 Å². The summed E-state index contributed by atoms with van der Waals surface area (Å²) >= 11 is 0. The molecule has 0 radical (unpaired) electrons. The van der Waals surface area contributed by atoms with Crippen LogP contribution in [0.25, 0.3) is 0 Å². The molecule has 1 aromatic rings. The Bertz CT molecular complexity index is 445. The lowest BCUT2D eigenvalue weighted by Crippen LogP contribution is -2.32. The maximum atomic E-state index is 12.1. The van der Waals surface area contributed by atoms with Crippen LogP contribution in [0.5, 0.6) is 0 Å². The van der Waals surface area contributed by atoms with E-state index >= 15 is 0 Å². The fourth-order valence-corrected chi connectivity index (χ4v) is 2.06. The van der Waals surface area contributed by atoms with Crippen molar-refractivity contribution in [1.29, 1.82) is 0 Å². The number of nitrogens with zero attached hydrogens (tertiary/aromatic N) is 1. The molecule has 1 saturated heterocycles. The number of carbonyl (C=O) groups excluding carboxylic acids is 1. The molecule has 0 spiro atoms. The van der Waals surface area contributed by atoms with E-state index in [4.69, 9.17) is 0 Å². The van der Waals surface area contributed by atoms with Crippen LogP contribution in [0.1, 0.15) is 23.2 Å². The van der Waals surface area contributed by atoms with E-state index in [0.717, 1.165) is 25.9 Å². The van der Waals surface area contributed by atoms with E-state index in [1.807, 2.05) is 0 Å². The number of hydrogen-bond acceptors (Lipinski definition) is 3. The number of rotatable bonds is 2. The molecular formula is C12H16N2O2. The molecule has 0 atom stereocenters. The fourth-order valence-electron chi connectivity index (χ4n) is 2.06. The number of ketones is 1. The highest BCUT2D eigenvalue weighted by atomic mass is 16.1. The molecule has 1 aromatic heterocycles. The summed E-state index contributed by atoms with van der Waals surface area (Å²) in [6.45, 7) is 1.81. The first-order chi connectivity index (χ1) is 7.68. The van der Waals surface area contributed by atoms with Gasteiger partial charge in [-0.15, -0.1) is 0 Å². The minimum absolute atomic E-state index is 0.0816. The quantitative estimate of drug-likeness (QED) is 0.741. The van der Waals surface area contributed by atoms with Crippen LogP contribution in [-0.2, 0) is 7.05 Å². The molecule has 0 bridgehead atoms. The Balaban J connectivity index is 2.19. The second-order valence-corrected chi connectivity index (χ2v) is 4.26. The van der Waals surface area contributed by atoms with Crippen LogP contribution >= 0.6 is 0 Å². The van der Waals surface area contributed by atoms with Crippen molar-refractivity contribution in [3.05, 3.63) is 34.2 Å². The van der Waals surface area contributed by atoms with Gasteiger partial charge in [-0.1, -0.05) is 0 Å². The van der Waals surface area contributed by atoms with Gasteiger partial charge < -0.3 is 9.88 Å². The average molecular weight is 220 g/mol. The molecule has 0 saturated carbocycles. The SMILES string of the molecule is Cn1cc(C(=O)C2CCNCC2)ccc1=O. The van der Waals surface area contributed by atoms with Crippen LogP contribution in [-0.4, -0.2) is 23.4 Å². The highest BCUT2D eigenvalue weighted by Crippen LogP contribution is 2.17. The molecule has 16 heavy (non-hydrogen) atoms. The third kappa shape index (κ3) is 2.22. The van der Waals surface area contributed by atoms with E-state index in [1.165, 1.54) is 10.6 Å². The van der Waals surface area contributed by atoms with Crippen LogP contribution in [0.4, 0.5) is 0 Å². The van der Waals surface area contributed by atoms with Gasteiger partial charge in [0.1, 0.15) is 0 Å². The van der Waals surface area contributed by atoms with E-state index in [9.17, 15) is 9.59 Å². The number of carbonyl (C=O) groups is 1. The number of aryl methyl sites for hydroxylation is 1. The number of Topliss-reactive ketones (excluding diaryl/α,β-unsaturated/α-hetero) is 1.